The average Bonchev–Trinajstić information content (AvgIpc) is 1.54. The topological polar surface area (TPSA) is 291 Å². The van der Waals surface area contributed by atoms with Crippen LogP contribution in [0.4, 0.5) is 0 Å². The zero-order chi connectivity index (χ0) is 10.7. The zero-order valence-corrected chi connectivity index (χ0v) is 8.24. The summed E-state index contributed by atoms with van der Waals surface area (Å²) in [5.41, 5.74) is 0. The Hall–Kier alpha value is -2.01. The molecule has 0 bridgehead atoms. The van der Waals surface area contributed by atoms with Gasteiger partial charge in [0, 0.05) is 0 Å². The molecule has 0 atom stereocenters. The van der Waals surface area contributed by atoms with Gasteiger partial charge >= 0.3 is 16.8 Å². The van der Waals surface area contributed by atoms with Crippen LogP contribution >= 0.6 is 0 Å². The molecule has 0 radical (unpaired) electrons. The van der Waals surface area contributed by atoms with Crippen LogP contribution in [0.5, 0.6) is 0 Å². The van der Waals surface area contributed by atoms with Crippen LogP contribution in [0.1, 0.15) is 0 Å². The number of nitrogens with two attached hydrogens (primary N) is 3. The van der Waals surface area contributed by atoms with Crippen molar-refractivity contribution in [2.45, 2.75) is 0 Å². The summed E-state index contributed by atoms with van der Waals surface area (Å²) in [5, 5.41) is 40.9. The van der Waals surface area contributed by atoms with Crippen LogP contribution in [0.15, 0.2) is 0 Å². The molecule has 0 aliphatic rings. The van der Waals surface area contributed by atoms with E-state index < -0.39 is 15.3 Å². The van der Waals surface area contributed by atoms with Gasteiger partial charge in [0.05, 0.1) is 0 Å². The Balaban J connectivity index is -0.0000000135. The molecule has 15 nitrogen and oxygen atoms in total. The van der Waals surface area contributed by atoms with E-state index in [4.69, 9.17) is 46.0 Å². The second-order valence-corrected chi connectivity index (χ2v) is 0.714. The van der Waals surface area contributed by atoms with Crippen molar-refractivity contribution < 1.29 is 47.7 Å². The van der Waals surface area contributed by atoms with Gasteiger partial charge in [0.2, 0.25) is 0 Å². The van der Waals surface area contributed by atoms with Gasteiger partial charge in [0.1, 0.15) is 0 Å². The average molecular weight is 296 g/mol. The van der Waals surface area contributed by atoms with Crippen molar-refractivity contribution in [1.29, 1.82) is 0 Å². The Morgan fingerprint density at radius 2 is 0.625 bits per heavy atom. The maximum atomic E-state index is 8.36. The van der Waals surface area contributed by atoms with Crippen LogP contribution in [0, 0.1) is 30.3 Å². The summed E-state index contributed by atoms with van der Waals surface area (Å²) >= 11 is 0. The monoisotopic (exact) mass is 296 g/mol. The van der Waals surface area contributed by atoms with Gasteiger partial charge in [-0.1, -0.05) is 0 Å². The largest absolute Gasteiger partial charge is 3.00 e. The fourth-order valence-electron chi connectivity index (χ4n) is 0. The van der Waals surface area contributed by atoms with E-state index in [1.165, 1.54) is 0 Å². The van der Waals surface area contributed by atoms with Gasteiger partial charge in [-0.25, -0.2) is 0 Å². The molecule has 0 spiro atoms. The summed E-state index contributed by atoms with van der Waals surface area (Å²) in [6.45, 7) is 0. The van der Waals surface area contributed by atoms with Crippen molar-refractivity contribution in [2.75, 3.05) is 0 Å². The minimum Gasteiger partial charge on any atom is -0.693 e. The smallest absolute Gasteiger partial charge is 0.693 e. The van der Waals surface area contributed by atoms with E-state index in [1.54, 1.807) is 0 Å². The molecule has 0 rings (SSSR count). The first-order valence-corrected chi connectivity index (χ1v) is 1.70. The molecule has 16 heavy (non-hydrogen) atoms. The quantitative estimate of drug-likeness (QED) is 0.424. The van der Waals surface area contributed by atoms with Crippen LogP contribution < -0.4 is 0 Å². The van der Waals surface area contributed by atoms with E-state index >= 15 is 0 Å². The second kappa shape index (κ2) is 38.2. The van der Waals surface area contributed by atoms with Gasteiger partial charge in [0.15, 0.2) is 0 Å². The molecule has 0 unspecified atom stereocenters. The molecular formula is H9CoN6O9. The van der Waals surface area contributed by atoms with E-state index in [0.29, 0.717) is 0 Å². The van der Waals surface area contributed by atoms with Crippen molar-refractivity contribution in [3.05, 3.63) is 48.8 Å². The minimum absolute atomic E-state index is 0. The number of nitrogens with zero attached hydrogens (tertiary/aromatic N) is 3. The summed E-state index contributed by atoms with van der Waals surface area (Å²) in [7, 11) is 0. The van der Waals surface area contributed by atoms with Gasteiger partial charge in [-0.05, 0) is 0 Å². The number of hydrogen-bond donors (Lipinski definition) is 3. The first-order chi connectivity index (χ1) is 5.20. The van der Waals surface area contributed by atoms with E-state index in [0.717, 1.165) is 0 Å². The molecule has 0 aromatic carbocycles. The first kappa shape index (κ1) is 48.3. The Bertz CT molecular complexity index is 118. The molecule has 16 heteroatoms. The Morgan fingerprint density at radius 1 is 0.625 bits per heavy atom. The van der Waals surface area contributed by atoms with E-state index in [1.807, 2.05) is 0 Å². The third-order valence-electron chi connectivity index (χ3n) is 0. The van der Waals surface area contributed by atoms with Crippen molar-refractivity contribution >= 4 is 0 Å². The minimum atomic E-state index is -1.50. The SMILES string of the molecule is O=[N+]([O-])O.O=[N+]([O-])O.O=[N+]([O-])O.[Co+3].[NH2-].[NH2-].[NH2-]. The molecule has 0 aromatic rings. The number of hydrogen-bond acceptors (Lipinski definition) is 6. The maximum Gasteiger partial charge on any atom is 3.00 e. The molecule has 0 amide bonds. The Kier molecular flexibility index (Phi) is 115. The van der Waals surface area contributed by atoms with Crippen LogP contribution in [0.25, 0.3) is 18.5 Å². The predicted octanol–water partition coefficient (Wildman–Crippen LogP) is 1.11. The third kappa shape index (κ3) is 357. The standard InChI is InChI=1S/Co.3HNO3.3H2N/c;3*2-1(3)4;;;/h;3*(H,2,3,4);3*1H2/q+3;;;;3*-1. The summed E-state index contributed by atoms with van der Waals surface area (Å²) in [4.78, 5) is 25.1. The van der Waals surface area contributed by atoms with Crippen LogP contribution in [0.2, 0.25) is 0 Å². The summed E-state index contributed by atoms with van der Waals surface area (Å²) < 4.78 is 0. The Labute approximate surface area is 97.3 Å². The van der Waals surface area contributed by atoms with Gasteiger partial charge in [-0.3, -0.25) is 0 Å². The van der Waals surface area contributed by atoms with Gasteiger partial charge in [0.25, 0.3) is 15.3 Å². The molecule has 9 N–H and O–H groups in total. The van der Waals surface area contributed by atoms with Crippen molar-refractivity contribution in [3.8, 4) is 0 Å². The van der Waals surface area contributed by atoms with Crippen LogP contribution in [-0.2, 0) is 16.8 Å². The maximum absolute atomic E-state index is 8.36. The van der Waals surface area contributed by atoms with Crippen molar-refractivity contribution in [1.82, 2.24) is 0 Å². The molecule has 0 saturated carbocycles. The van der Waals surface area contributed by atoms with E-state index in [9.17, 15) is 0 Å². The van der Waals surface area contributed by atoms with E-state index in [2.05, 4.69) is 0 Å². The molecule has 0 aromatic heterocycles. The molecule has 0 aliphatic heterocycles. The molecule has 0 saturated heterocycles. The normalized spacial score (nSPS) is 4.50. The molecule has 0 fully saturated rings. The Morgan fingerprint density at radius 3 is 0.625 bits per heavy atom. The van der Waals surface area contributed by atoms with E-state index in [-0.39, 0.29) is 35.2 Å². The van der Waals surface area contributed by atoms with Crippen LogP contribution in [0.3, 0.4) is 0 Å². The molecule has 102 valence electrons. The van der Waals surface area contributed by atoms with Crippen LogP contribution in [-0.4, -0.2) is 30.9 Å². The summed E-state index contributed by atoms with van der Waals surface area (Å²) in [6, 6.07) is 0. The first-order valence-electron chi connectivity index (χ1n) is 1.70. The third-order valence-corrected chi connectivity index (χ3v) is 0. The number of rotatable bonds is 0. The van der Waals surface area contributed by atoms with Gasteiger partial charge in [-0.15, -0.1) is 30.3 Å². The summed E-state index contributed by atoms with van der Waals surface area (Å²) in [6.07, 6.45) is 0. The van der Waals surface area contributed by atoms with Gasteiger partial charge in [-0.2, -0.15) is 0 Å². The molecular weight excluding hydrogens is 287 g/mol. The fourth-order valence-corrected chi connectivity index (χ4v) is 0. The summed E-state index contributed by atoms with van der Waals surface area (Å²) in [5.74, 6) is 0. The second-order valence-electron chi connectivity index (χ2n) is 0.714. The predicted molar refractivity (Wildman–Crippen MR) is 42.2 cm³/mol. The zero-order valence-electron chi connectivity index (χ0n) is 7.20. The molecule has 0 heterocycles. The van der Waals surface area contributed by atoms with Gasteiger partial charge < -0.3 is 34.1 Å². The van der Waals surface area contributed by atoms with Crippen molar-refractivity contribution in [3.63, 3.8) is 0 Å². The van der Waals surface area contributed by atoms with Crippen molar-refractivity contribution in [2.24, 2.45) is 0 Å². The molecule has 0 aliphatic carbocycles. The fraction of sp³-hybridized carbons (Fsp3) is 0.